The van der Waals surface area contributed by atoms with Crippen LogP contribution in [0, 0.1) is 0 Å². The van der Waals surface area contributed by atoms with Crippen molar-refractivity contribution in [1.82, 2.24) is 20.1 Å². The predicted octanol–water partition coefficient (Wildman–Crippen LogP) is -0.959. The molecule has 0 saturated heterocycles. The fourth-order valence-corrected chi connectivity index (χ4v) is 0.932. The lowest BCUT2D eigenvalue weighted by atomic mass is 10.4. The van der Waals surface area contributed by atoms with Crippen LogP contribution in [0.4, 0.5) is 0 Å². The SMILES string of the molecule is Cn1cnc(CNCCC(N)=NO)n1. The first-order valence-corrected chi connectivity index (χ1v) is 4.24. The van der Waals surface area contributed by atoms with Gasteiger partial charge in [0.1, 0.15) is 12.2 Å². The molecule has 0 aliphatic rings. The normalized spacial score (nSPS) is 11.9. The van der Waals surface area contributed by atoms with Crippen LogP contribution < -0.4 is 11.1 Å². The van der Waals surface area contributed by atoms with Gasteiger partial charge in [-0.05, 0) is 0 Å². The van der Waals surface area contributed by atoms with Crippen LogP contribution in [-0.2, 0) is 13.6 Å². The minimum atomic E-state index is 0.214. The number of hydrogen-bond donors (Lipinski definition) is 3. The summed E-state index contributed by atoms with van der Waals surface area (Å²) in [4.78, 5) is 4.03. The standard InChI is InChI=1S/C7H14N6O/c1-13-5-10-7(11-13)4-9-3-2-6(8)12-14/h5,9,14H,2-4H2,1H3,(H2,8,12). The van der Waals surface area contributed by atoms with E-state index in [4.69, 9.17) is 10.9 Å². The van der Waals surface area contributed by atoms with Gasteiger partial charge in [0, 0.05) is 20.0 Å². The van der Waals surface area contributed by atoms with Crippen molar-refractivity contribution in [2.24, 2.45) is 17.9 Å². The van der Waals surface area contributed by atoms with Gasteiger partial charge in [-0.25, -0.2) is 4.98 Å². The van der Waals surface area contributed by atoms with Crippen molar-refractivity contribution < 1.29 is 5.21 Å². The number of aryl methyl sites for hydroxylation is 1. The first kappa shape index (κ1) is 10.5. The summed E-state index contributed by atoms with van der Waals surface area (Å²) in [6.45, 7) is 1.22. The van der Waals surface area contributed by atoms with Crippen molar-refractivity contribution in [2.75, 3.05) is 6.54 Å². The summed E-state index contributed by atoms with van der Waals surface area (Å²) in [5, 5.41) is 18.3. The molecule has 0 aromatic carbocycles. The highest BCUT2D eigenvalue weighted by Gasteiger charge is 1.98. The van der Waals surface area contributed by atoms with Gasteiger partial charge < -0.3 is 16.3 Å². The van der Waals surface area contributed by atoms with Crippen molar-refractivity contribution in [3.05, 3.63) is 12.2 Å². The lowest BCUT2D eigenvalue weighted by Crippen LogP contribution is -2.22. The molecular formula is C7H14N6O. The molecule has 7 nitrogen and oxygen atoms in total. The maximum atomic E-state index is 8.26. The Hall–Kier alpha value is -1.63. The van der Waals surface area contributed by atoms with Crippen LogP contribution in [0.25, 0.3) is 0 Å². The fraction of sp³-hybridized carbons (Fsp3) is 0.571. The third-order valence-corrected chi connectivity index (χ3v) is 1.62. The van der Waals surface area contributed by atoms with E-state index in [1.54, 1.807) is 11.0 Å². The topological polar surface area (TPSA) is 101 Å². The molecule has 0 fully saturated rings. The number of aromatic nitrogens is 3. The Bertz CT molecular complexity index is 307. The molecular weight excluding hydrogens is 184 g/mol. The molecule has 1 rings (SSSR count). The highest BCUT2D eigenvalue weighted by Crippen LogP contribution is 1.86. The monoisotopic (exact) mass is 198 g/mol. The molecule has 0 spiro atoms. The van der Waals surface area contributed by atoms with Crippen LogP contribution in [0.1, 0.15) is 12.2 Å². The second kappa shape index (κ2) is 5.18. The highest BCUT2D eigenvalue weighted by atomic mass is 16.4. The molecule has 0 unspecified atom stereocenters. The molecule has 1 heterocycles. The number of oxime groups is 1. The number of nitrogens with one attached hydrogen (secondary N) is 1. The molecule has 0 atom stereocenters. The molecule has 0 aliphatic heterocycles. The van der Waals surface area contributed by atoms with E-state index in [2.05, 4.69) is 20.6 Å². The van der Waals surface area contributed by atoms with Crippen LogP contribution in [0.15, 0.2) is 11.5 Å². The maximum absolute atomic E-state index is 8.26. The number of nitrogens with zero attached hydrogens (tertiary/aromatic N) is 4. The lowest BCUT2D eigenvalue weighted by Gasteiger charge is -1.99. The summed E-state index contributed by atoms with van der Waals surface area (Å²) in [6, 6.07) is 0. The predicted molar refractivity (Wildman–Crippen MR) is 50.7 cm³/mol. The van der Waals surface area contributed by atoms with E-state index in [0.717, 1.165) is 5.82 Å². The summed E-state index contributed by atoms with van der Waals surface area (Å²) >= 11 is 0. The largest absolute Gasteiger partial charge is 0.409 e. The van der Waals surface area contributed by atoms with E-state index in [1.165, 1.54) is 0 Å². The van der Waals surface area contributed by atoms with Crippen LogP contribution in [0.5, 0.6) is 0 Å². The van der Waals surface area contributed by atoms with Crippen molar-refractivity contribution in [2.45, 2.75) is 13.0 Å². The van der Waals surface area contributed by atoms with Gasteiger partial charge in [0.25, 0.3) is 0 Å². The molecule has 7 heteroatoms. The van der Waals surface area contributed by atoms with Crippen LogP contribution in [0.3, 0.4) is 0 Å². The molecule has 0 aliphatic carbocycles. The zero-order valence-corrected chi connectivity index (χ0v) is 8.01. The minimum absolute atomic E-state index is 0.214. The molecule has 0 saturated carbocycles. The van der Waals surface area contributed by atoms with Gasteiger partial charge in [-0.1, -0.05) is 5.16 Å². The average Bonchev–Trinajstić information content (AvgIpc) is 2.58. The Morgan fingerprint density at radius 2 is 2.57 bits per heavy atom. The quantitative estimate of drug-likeness (QED) is 0.186. The molecule has 1 aromatic rings. The van der Waals surface area contributed by atoms with Gasteiger partial charge in [-0.15, -0.1) is 0 Å². The third kappa shape index (κ3) is 3.40. The Kier molecular flexibility index (Phi) is 3.86. The van der Waals surface area contributed by atoms with Crippen molar-refractivity contribution >= 4 is 5.84 Å². The molecule has 4 N–H and O–H groups in total. The molecule has 1 aromatic heterocycles. The van der Waals surface area contributed by atoms with Gasteiger partial charge in [-0.2, -0.15) is 5.10 Å². The van der Waals surface area contributed by atoms with Crippen molar-refractivity contribution in [3.63, 3.8) is 0 Å². The first-order chi connectivity index (χ1) is 6.72. The zero-order valence-electron chi connectivity index (χ0n) is 8.01. The summed E-state index contributed by atoms with van der Waals surface area (Å²) in [6.07, 6.45) is 2.14. The number of rotatable bonds is 5. The average molecular weight is 198 g/mol. The van der Waals surface area contributed by atoms with Gasteiger partial charge in [0.05, 0.1) is 6.54 Å². The van der Waals surface area contributed by atoms with E-state index < -0.39 is 0 Å². The minimum Gasteiger partial charge on any atom is -0.409 e. The Morgan fingerprint density at radius 1 is 1.79 bits per heavy atom. The first-order valence-electron chi connectivity index (χ1n) is 4.24. The maximum Gasteiger partial charge on any atom is 0.164 e. The zero-order chi connectivity index (χ0) is 10.4. The van der Waals surface area contributed by atoms with E-state index in [9.17, 15) is 0 Å². The summed E-state index contributed by atoms with van der Waals surface area (Å²) in [5.41, 5.74) is 5.28. The van der Waals surface area contributed by atoms with Crippen molar-refractivity contribution in [1.29, 1.82) is 0 Å². The number of hydrogen-bond acceptors (Lipinski definition) is 5. The Balaban J connectivity index is 2.16. The second-order valence-electron chi connectivity index (χ2n) is 2.85. The highest BCUT2D eigenvalue weighted by molar-refractivity contribution is 5.79. The van der Waals surface area contributed by atoms with Gasteiger partial charge in [-0.3, -0.25) is 4.68 Å². The van der Waals surface area contributed by atoms with Crippen LogP contribution in [-0.4, -0.2) is 32.4 Å². The van der Waals surface area contributed by atoms with Crippen molar-refractivity contribution in [3.8, 4) is 0 Å². The van der Waals surface area contributed by atoms with Crippen LogP contribution >= 0.6 is 0 Å². The lowest BCUT2D eigenvalue weighted by molar-refractivity contribution is 0.316. The fourth-order valence-electron chi connectivity index (χ4n) is 0.932. The molecule has 78 valence electrons. The smallest absolute Gasteiger partial charge is 0.164 e. The Labute approximate surface area is 81.6 Å². The van der Waals surface area contributed by atoms with Gasteiger partial charge in [0.15, 0.2) is 5.82 Å². The molecule has 0 amide bonds. The third-order valence-electron chi connectivity index (χ3n) is 1.62. The number of nitrogens with two attached hydrogens (primary N) is 1. The van der Waals surface area contributed by atoms with E-state index in [-0.39, 0.29) is 5.84 Å². The molecule has 0 bridgehead atoms. The summed E-state index contributed by atoms with van der Waals surface area (Å²) in [5.74, 6) is 0.943. The van der Waals surface area contributed by atoms with E-state index >= 15 is 0 Å². The molecule has 0 radical (unpaired) electrons. The number of amidine groups is 1. The summed E-state index contributed by atoms with van der Waals surface area (Å²) < 4.78 is 1.64. The second-order valence-corrected chi connectivity index (χ2v) is 2.85. The van der Waals surface area contributed by atoms with E-state index in [1.807, 2.05) is 7.05 Å². The summed E-state index contributed by atoms with van der Waals surface area (Å²) in [7, 11) is 1.81. The van der Waals surface area contributed by atoms with Gasteiger partial charge >= 0.3 is 0 Å². The van der Waals surface area contributed by atoms with E-state index in [0.29, 0.717) is 19.5 Å². The Morgan fingerprint density at radius 3 is 3.14 bits per heavy atom. The van der Waals surface area contributed by atoms with Crippen LogP contribution in [0.2, 0.25) is 0 Å². The molecule has 14 heavy (non-hydrogen) atoms. The van der Waals surface area contributed by atoms with Gasteiger partial charge in [0.2, 0.25) is 0 Å².